The summed E-state index contributed by atoms with van der Waals surface area (Å²) in [6, 6.07) is 1.78. The number of nitrogens with zero attached hydrogens (tertiary/aromatic N) is 2. The maximum Gasteiger partial charge on any atom is 0.272 e. The third-order valence-corrected chi connectivity index (χ3v) is 2.40. The third-order valence-electron chi connectivity index (χ3n) is 2.40. The first-order valence-corrected chi connectivity index (χ1v) is 4.75. The number of amides is 1. The van der Waals surface area contributed by atoms with Crippen LogP contribution in [0.4, 0.5) is 0 Å². The van der Waals surface area contributed by atoms with Crippen LogP contribution in [0.3, 0.4) is 0 Å². The zero-order chi connectivity index (χ0) is 11.0. The van der Waals surface area contributed by atoms with Gasteiger partial charge < -0.3 is 9.88 Å². The van der Waals surface area contributed by atoms with Gasteiger partial charge >= 0.3 is 0 Å². The van der Waals surface area contributed by atoms with Gasteiger partial charge in [-0.2, -0.15) is 0 Å². The van der Waals surface area contributed by atoms with Crippen LogP contribution in [-0.4, -0.2) is 34.9 Å². The molecule has 78 valence electrons. The van der Waals surface area contributed by atoms with Gasteiger partial charge in [0.05, 0.1) is 0 Å². The van der Waals surface area contributed by atoms with Crippen LogP contribution < -0.4 is 0 Å². The Morgan fingerprint density at radius 2 is 2.20 bits per heavy atom. The number of hydrogen-bond donors (Lipinski definition) is 1. The van der Waals surface area contributed by atoms with Gasteiger partial charge in [0, 0.05) is 37.4 Å². The van der Waals surface area contributed by atoms with Crippen molar-refractivity contribution in [1.82, 2.24) is 14.9 Å². The molecule has 0 saturated carbocycles. The van der Waals surface area contributed by atoms with Crippen molar-refractivity contribution in [2.75, 3.05) is 14.1 Å². The Balaban J connectivity index is 2.52. The molecule has 0 aliphatic carbocycles. The molecule has 0 bridgehead atoms. The van der Waals surface area contributed by atoms with Crippen LogP contribution in [0, 0.1) is 6.92 Å². The Morgan fingerprint density at radius 1 is 1.47 bits per heavy atom. The summed E-state index contributed by atoms with van der Waals surface area (Å²) in [6.07, 6.45) is 3.65. The number of hydrogen-bond acceptors (Lipinski definition) is 2. The molecule has 2 rings (SSSR count). The van der Waals surface area contributed by atoms with Gasteiger partial charge in [-0.05, 0) is 18.6 Å². The maximum absolute atomic E-state index is 11.6. The monoisotopic (exact) mass is 203 g/mol. The van der Waals surface area contributed by atoms with Crippen molar-refractivity contribution in [1.29, 1.82) is 0 Å². The lowest BCUT2D eigenvalue weighted by molar-refractivity contribution is 0.0822. The molecule has 0 aliphatic heterocycles. The highest BCUT2D eigenvalue weighted by molar-refractivity contribution is 5.95. The van der Waals surface area contributed by atoms with Crippen LogP contribution in [0.5, 0.6) is 0 Å². The summed E-state index contributed by atoms with van der Waals surface area (Å²) in [4.78, 5) is 20.4. The fourth-order valence-electron chi connectivity index (χ4n) is 1.50. The second kappa shape index (κ2) is 3.38. The van der Waals surface area contributed by atoms with E-state index in [0.717, 1.165) is 16.5 Å². The molecule has 0 fully saturated rings. The van der Waals surface area contributed by atoms with Crippen LogP contribution in [-0.2, 0) is 0 Å². The van der Waals surface area contributed by atoms with Gasteiger partial charge in [-0.1, -0.05) is 0 Å². The molecule has 1 amide bonds. The topological polar surface area (TPSA) is 49.0 Å². The van der Waals surface area contributed by atoms with Crippen molar-refractivity contribution in [3.8, 4) is 0 Å². The maximum atomic E-state index is 11.6. The first-order chi connectivity index (χ1) is 7.09. The molecule has 4 heteroatoms. The summed E-state index contributed by atoms with van der Waals surface area (Å²) >= 11 is 0. The molecule has 0 radical (unpaired) electrons. The molecule has 0 aromatic carbocycles. The number of pyridine rings is 1. The molecule has 0 saturated heterocycles. The minimum absolute atomic E-state index is 0.0795. The quantitative estimate of drug-likeness (QED) is 0.764. The van der Waals surface area contributed by atoms with Gasteiger partial charge in [0.25, 0.3) is 5.91 Å². The van der Waals surface area contributed by atoms with Crippen LogP contribution in [0.1, 0.15) is 16.1 Å². The van der Waals surface area contributed by atoms with E-state index >= 15 is 0 Å². The predicted molar refractivity (Wildman–Crippen MR) is 58.8 cm³/mol. The number of rotatable bonds is 1. The number of carbonyl (C=O) groups excluding carboxylic acids is 1. The number of aryl methyl sites for hydroxylation is 1. The van der Waals surface area contributed by atoms with Crippen molar-refractivity contribution in [3.63, 3.8) is 0 Å². The Labute approximate surface area is 87.9 Å². The van der Waals surface area contributed by atoms with Crippen molar-refractivity contribution < 1.29 is 4.79 Å². The SMILES string of the molecule is Cc1c[nH]c2cc(C(=O)N(C)C)ncc12. The average Bonchev–Trinajstić information content (AvgIpc) is 2.59. The summed E-state index contributed by atoms with van der Waals surface area (Å²) in [7, 11) is 3.43. The number of fused-ring (bicyclic) bond motifs is 1. The fourth-order valence-corrected chi connectivity index (χ4v) is 1.50. The molecular weight excluding hydrogens is 190 g/mol. The zero-order valence-electron chi connectivity index (χ0n) is 9.03. The first-order valence-electron chi connectivity index (χ1n) is 4.75. The highest BCUT2D eigenvalue weighted by Gasteiger charge is 2.10. The van der Waals surface area contributed by atoms with Crippen molar-refractivity contribution in [3.05, 3.63) is 29.7 Å². The van der Waals surface area contributed by atoms with E-state index in [2.05, 4.69) is 9.97 Å². The van der Waals surface area contributed by atoms with Crippen LogP contribution in [0.15, 0.2) is 18.5 Å². The van der Waals surface area contributed by atoms with Crippen LogP contribution >= 0.6 is 0 Å². The van der Waals surface area contributed by atoms with E-state index in [-0.39, 0.29) is 5.91 Å². The van der Waals surface area contributed by atoms with Gasteiger partial charge in [-0.25, -0.2) is 0 Å². The number of H-pyrrole nitrogens is 1. The van der Waals surface area contributed by atoms with Crippen molar-refractivity contribution in [2.24, 2.45) is 0 Å². The van der Waals surface area contributed by atoms with E-state index in [9.17, 15) is 4.79 Å². The molecule has 2 aromatic heterocycles. The Morgan fingerprint density at radius 3 is 2.87 bits per heavy atom. The number of aromatic amines is 1. The lowest BCUT2D eigenvalue weighted by atomic mass is 10.2. The smallest absolute Gasteiger partial charge is 0.272 e. The summed E-state index contributed by atoms with van der Waals surface area (Å²) in [5.74, 6) is -0.0795. The van der Waals surface area contributed by atoms with E-state index in [1.54, 1.807) is 26.4 Å². The van der Waals surface area contributed by atoms with Gasteiger partial charge in [0.2, 0.25) is 0 Å². The lowest BCUT2D eigenvalue weighted by Gasteiger charge is -2.08. The summed E-state index contributed by atoms with van der Waals surface area (Å²) in [5.41, 5.74) is 2.56. The Hall–Kier alpha value is -1.84. The second-order valence-electron chi connectivity index (χ2n) is 3.79. The molecule has 0 atom stereocenters. The van der Waals surface area contributed by atoms with Gasteiger partial charge in [0.15, 0.2) is 0 Å². The van der Waals surface area contributed by atoms with Crippen molar-refractivity contribution in [2.45, 2.75) is 6.92 Å². The fraction of sp³-hybridized carbons (Fsp3) is 0.273. The molecule has 4 nitrogen and oxygen atoms in total. The van der Waals surface area contributed by atoms with Crippen LogP contribution in [0.2, 0.25) is 0 Å². The van der Waals surface area contributed by atoms with Gasteiger partial charge in [-0.15, -0.1) is 0 Å². The second-order valence-corrected chi connectivity index (χ2v) is 3.79. The molecular formula is C11H13N3O. The van der Waals surface area contributed by atoms with Crippen LogP contribution in [0.25, 0.3) is 10.9 Å². The number of aromatic nitrogens is 2. The van der Waals surface area contributed by atoms with Gasteiger partial charge in [-0.3, -0.25) is 9.78 Å². The predicted octanol–water partition coefficient (Wildman–Crippen LogP) is 1.57. The molecule has 0 unspecified atom stereocenters. The molecule has 15 heavy (non-hydrogen) atoms. The third kappa shape index (κ3) is 1.58. The Kier molecular flexibility index (Phi) is 2.19. The summed E-state index contributed by atoms with van der Waals surface area (Å²) < 4.78 is 0. The lowest BCUT2D eigenvalue weighted by Crippen LogP contribution is -2.22. The highest BCUT2D eigenvalue weighted by Crippen LogP contribution is 2.17. The van der Waals surface area contributed by atoms with E-state index in [4.69, 9.17) is 0 Å². The standard InChI is InChI=1S/C11H13N3O/c1-7-5-12-9-4-10(11(15)14(2)3)13-6-8(7)9/h4-6,12H,1-3H3. The first kappa shape index (κ1) is 9.71. The van der Waals surface area contributed by atoms with E-state index < -0.39 is 0 Å². The highest BCUT2D eigenvalue weighted by atomic mass is 16.2. The number of carbonyl (C=O) groups is 1. The molecule has 2 aromatic rings. The largest absolute Gasteiger partial charge is 0.361 e. The molecule has 0 spiro atoms. The minimum atomic E-state index is -0.0795. The van der Waals surface area contributed by atoms with Gasteiger partial charge in [0.1, 0.15) is 5.69 Å². The summed E-state index contributed by atoms with van der Waals surface area (Å²) in [5, 5.41) is 1.06. The van der Waals surface area contributed by atoms with Crippen molar-refractivity contribution >= 4 is 16.8 Å². The minimum Gasteiger partial charge on any atom is -0.361 e. The van der Waals surface area contributed by atoms with E-state index in [1.807, 2.05) is 13.1 Å². The Bertz CT molecular complexity index is 514. The molecule has 0 aliphatic rings. The normalized spacial score (nSPS) is 10.6. The molecule has 2 heterocycles. The van der Waals surface area contributed by atoms with E-state index in [1.165, 1.54) is 4.90 Å². The number of nitrogens with one attached hydrogen (secondary N) is 1. The summed E-state index contributed by atoms with van der Waals surface area (Å²) in [6.45, 7) is 2.01. The molecule has 1 N–H and O–H groups in total. The average molecular weight is 203 g/mol. The zero-order valence-corrected chi connectivity index (χ0v) is 9.03. The van der Waals surface area contributed by atoms with E-state index in [0.29, 0.717) is 5.69 Å².